The summed E-state index contributed by atoms with van der Waals surface area (Å²) < 4.78 is 10.8. The van der Waals surface area contributed by atoms with Gasteiger partial charge in [-0.2, -0.15) is 0 Å². The summed E-state index contributed by atoms with van der Waals surface area (Å²) in [5, 5.41) is 9.65. The van der Waals surface area contributed by atoms with E-state index in [4.69, 9.17) is 9.26 Å². The Morgan fingerprint density at radius 2 is 2.38 bits per heavy atom. The Bertz CT molecular complexity index is 699. The maximum absolute atomic E-state index is 12.6. The molecule has 2 unspecified atom stereocenters. The number of morpholine rings is 1. The summed E-state index contributed by atoms with van der Waals surface area (Å²) in [4.78, 5) is 19.3. The number of aromatic nitrogens is 2. The minimum absolute atomic E-state index is 0.0678. The summed E-state index contributed by atoms with van der Waals surface area (Å²) in [7, 11) is 0. The summed E-state index contributed by atoms with van der Waals surface area (Å²) in [6.45, 7) is 7.76. The van der Waals surface area contributed by atoms with Crippen LogP contribution in [0, 0.1) is 13.8 Å². The summed E-state index contributed by atoms with van der Waals surface area (Å²) in [5.41, 5.74) is 1.00. The average Bonchev–Trinajstić information content (AvgIpc) is 3.17. The number of aryl methyl sites for hydroxylation is 2. The second kappa shape index (κ2) is 7.42. The van der Waals surface area contributed by atoms with Gasteiger partial charge in [0.25, 0.3) is 0 Å². The van der Waals surface area contributed by atoms with Crippen LogP contribution in [0.3, 0.4) is 0 Å². The number of thiazole rings is 1. The predicted molar refractivity (Wildman–Crippen MR) is 91.1 cm³/mol. The molecule has 1 saturated heterocycles. The maximum Gasteiger partial charge on any atom is 0.242 e. The van der Waals surface area contributed by atoms with E-state index < -0.39 is 0 Å². The number of nitrogens with zero attached hydrogens (tertiary/aromatic N) is 3. The highest BCUT2D eigenvalue weighted by molar-refractivity contribution is 7.09. The summed E-state index contributed by atoms with van der Waals surface area (Å²) >= 11 is 1.61. The number of amides is 1. The van der Waals surface area contributed by atoms with Crippen molar-refractivity contribution < 1.29 is 14.1 Å². The quantitative estimate of drug-likeness (QED) is 0.892. The molecule has 130 valence electrons. The highest BCUT2D eigenvalue weighted by Crippen LogP contribution is 2.27. The van der Waals surface area contributed by atoms with Crippen LogP contribution >= 0.6 is 11.3 Å². The van der Waals surface area contributed by atoms with Gasteiger partial charge in [0.15, 0.2) is 5.82 Å². The van der Waals surface area contributed by atoms with E-state index in [1.807, 2.05) is 19.2 Å². The van der Waals surface area contributed by atoms with Crippen LogP contribution < -0.4 is 5.32 Å². The third kappa shape index (κ3) is 3.82. The normalized spacial score (nSPS) is 20.0. The fourth-order valence-electron chi connectivity index (χ4n) is 2.87. The van der Waals surface area contributed by atoms with Gasteiger partial charge in [-0.05, 0) is 20.3 Å². The Morgan fingerprint density at radius 3 is 3.00 bits per heavy atom. The van der Waals surface area contributed by atoms with E-state index in [2.05, 4.69) is 20.4 Å². The Hall–Kier alpha value is -1.77. The highest BCUT2D eigenvalue weighted by atomic mass is 32.1. The molecular weight excluding hydrogens is 328 g/mol. The molecule has 1 amide bonds. The molecule has 1 aliphatic rings. The number of nitrogens with one attached hydrogen (secondary N) is 1. The molecule has 0 radical (unpaired) electrons. The lowest BCUT2D eigenvalue weighted by Gasteiger charge is -2.36. The van der Waals surface area contributed by atoms with Gasteiger partial charge in [-0.3, -0.25) is 9.69 Å². The number of carbonyl (C=O) groups excluding carboxylic acids is 1. The van der Waals surface area contributed by atoms with Crippen LogP contribution in [0.2, 0.25) is 0 Å². The molecular formula is C16H22N4O3S. The van der Waals surface area contributed by atoms with Gasteiger partial charge in [-0.1, -0.05) is 12.1 Å². The number of carbonyl (C=O) groups is 1. The zero-order valence-electron chi connectivity index (χ0n) is 14.1. The lowest BCUT2D eigenvalue weighted by Crippen LogP contribution is -2.49. The maximum atomic E-state index is 12.6. The van der Waals surface area contributed by atoms with Gasteiger partial charge in [-0.15, -0.1) is 11.3 Å². The minimum atomic E-state index is -0.227. The molecule has 2 aromatic rings. The lowest BCUT2D eigenvalue weighted by molar-refractivity contribution is -0.125. The van der Waals surface area contributed by atoms with E-state index in [1.165, 1.54) is 0 Å². The molecule has 3 heterocycles. The summed E-state index contributed by atoms with van der Waals surface area (Å²) in [6.07, 6.45) is 0.639. The zero-order valence-corrected chi connectivity index (χ0v) is 14.9. The molecule has 24 heavy (non-hydrogen) atoms. The number of hydrogen-bond donors (Lipinski definition) is 1. The largest absolute Gasteiger partial charge is 0.368 e. The lowest BCUT2D eigenvalue weighted by atomic mass is 10.1. The molecule has 2 aromatic heterocycles. The van der Waals surface area contributed by atoms with Crippen LogP contribution in [0.1, 0.15) is 35.9 Å². The molecule has 1 fully saturated rings. The molecule has 1 aliphatic heterocycles. The second-order valence-electron chi connectivity index (χ2n) is 5.92. The van der Waals surface area contributed by atoms with E-state index in [0.717, 1.165) is 17.2 Å². The van der Waals surface area contributed by atoms with Gasteiger partial charge in [0.1, 0.15) is 16.9 Å². The van der Waals surface area contributed by atoms with Crippen LogP contribution in [-0.2, 0) is 9.53 Å². The van der Waals surface area contributed by atoms with Crippen molar-refractivity contribution in [1.82, 2.24) is 15.0 Å². The molecule has 0 bridgehead atoms. The van der Waals surface area contributed by atoms with Crippen molar-refractivity contribution in [2.75, 3.05) is 25.0 Å². The van der Waals surface area contributed by atoms with Crippen LogP contribution in [0.25, 0.3) is 0 Å². The zero-order chi connectivity index (χ0) is 17.1. The molecule has 2 atom stereocenters. The predicted octanol–water partition coefficient (Wildman–Crippen LogP) is 2.54. The minimum Gasteiger partial charge on any atom is -0.368 e. The molecule has 1 N–H and O–H groups in total. The number of hydrogen-bond acceptors (Lipinski definition) is 7. The molecule has 0 aromatic carbocycles. The van der Waals surface area contributed by atoms with Crippen molar-refractivity contribution in [2.24, 2.45) is 0 Å². The molecule has 7 nitrogen and oxygen atoms in total. The number of ether oxygens (including phenoxy) is 1. The first-order valence-electron chi connectivity index (χ1n) is 8.08. The van der Waals surface area contributed by atoms with Crippen molar-refractivity contribution in [2.45, 2.75) is 39.3 Å². The fourth-order valence-corrected chi connectivity index (χ4v) is 3.70. The van der Waals surface area contributed by atoms with Gasteiger partial charge in [0.05, 0.1) is 12.6 Å². The smallest absolute Gasteiger partial charge is 0.242 e. The van der Waals surface area contributed by atoms with Crippen LogP contribution in [0.5, 0.6) is 0 Å². The van der Waals surface area contributed by atoms with E-state index in [-0.39, 0.29) is 18.1 Å². The standard InChI is InChI=1S/C16H22N4O3S/c1-4-12(15(21)18-14-7-11(3)23-19-14)20-5-6-22-13(8-20)16-17-10(2)9-24-16/h7,9,12-13H,4-6,8H2,1-3H3,(H,18,19,21). The van der Waals surface area contributed by atoms with Crippen molar-refractivity contribution in [1.29, 1.82) is 0 Å². The van der Waals surface area contributed by atoms with Crippen molar-refractivity contribution in [3.05, 3.63) is 27.9 Å². The van der Waals surface area contributed by atoms with Crippen molar-refractivity contribution in [3.63, 3.8) is 0 Å². The van der Waals surface area contributed by atoms with Crippen LogP contribution in [0.15, 0.2) is 16.0 Å². The summed E-state index contributed by atoms with van der Waals surface area (Å²) in [5.74, 6) is 1.06. The molecule has 8 heteroatoms. The Kier molecular flexibility index (Phi) is 5.27. The van der Waals surface area contributed by atoms with Gasteiger partial charge >= 0.3 is 0 Å². The SMILES string of the molecule is CCC(C(=O)Nc1cc(C)on1)N1CCOC(c2nc(C)cs2)C1. The Balaban J connectivity index is 1.66. The van der Waals surface area contributed by atoms with Gasteiger partial charge in [0.2, 0.25) is 5.91 Å². The first-order chi connectivity index (χ1) is 11.6. The topological polar surface area (TPSA) is 80.5 Å². The third-order valence-electron chi connectivity index (χ3n) is 4.02. The van der Waals surface area contributed by atoms with E-state index in [0.29, 0.717) is 31.2 Å². The first-order valence-corrected chi connectivity index (χ1v) is 8.96. The Labute approximate surface area is 145 Å². The fraction of sp³-hybridized carbons (Fsp3) is 0.562. The first kappa shape index (κ1) is 17.1. The molecule has 0 spiro atoms. The van der Waals surface area contributed by atoms with Crippen molar-refractivity contribution >= 4 is 23.1 Å². The number of rotatable bonds is 5. The van der Waals surface area contributed by atoms with Crippen LogP contribution in [-0.4, -0.2) is 46.7 Å². The second-order valence-corrected chi connectivity index (χ2v) is 6.81. The molecule has 3 rings (SSSR count). The van der Waals surface area contributed by atoms with Crippen LogP contribution in [0.4, 0.5) is 5.82 Å². The van der Waals surface area contributed by atoms with Crippen molar-refractivity contribution in [3.8, 4) is 0 Å². The monoisotopic (exact) mass is 350 g/mol. The summed E-state index contributed by atoms with van der Waals surface area (Å²) in [6, 6.07) is 1.49. The average molecular weight is 350 g/mol. The molecule has 0 saturated carbocycles. The van der Waals surface area contributed by atoms with E-state index >= 15 is 0 Å². The van der Waals surface area contributed by atoms with Gasteiger partial charge in [-0.25, -0.2) is 4.98 Å². The highest BCUT2D eigenvalue weighted by Gasteiger charge is 2.32. The number of anilines is 1. The Morgan fingerprint density at radius 1 is 1.54 bits per heavy atom. The van der Waals surface area contributed by atoms with E-state index in [9.17, 15) is 4.79 Å². The van der Waals surface area contributed by atoms with Gasteiger partial charge in [0, 0.05) is 30.2 Å². The molecule has 0 aliphatic carbocycles. The van der Waals surface area contributed by atoms with E-state index in [1.54, 1.807) is 24.3 Å². The van der Waals surface area contributed by atoms with Gasteiger partial charge < -0.3 is 14.6 Å². The third-order valence-corrected chi connectivity index (χ3v) is 5.07.